The van der Waals surface area contributed by atoms with Crippen molar-refractivity contribution in [3.63, 3.8) is 0 Å². The maximum Gasteiger partial charge on any atom is 0.0674 e. The molecule has 2 heterocycles. The molecule has 2 heteroatoms. The van der Waals surface area contributed by atoms with E-state index in [0.717, 1.165) is 11.4 Å². The summed E-state index contributed by atoms with van der Waals surface area (Å²) in [6.45, 7) is 9.05. The molecular weight excluding hydrogens is 340 g/mol. The fourth-order valence-electron chi connectivity index (χ4n) is 4.41. The highest BCUT2D eigenvalue weighted by Crippen LogP contribution is 2.46. The minimum atomic E-state index is -0.0469. The first-order valence-corrected chi connectivity index (χ1v) is 9.91. The van der Waals surface area contributed by atoms with E-state index < -0.39 is 0 Å². The summed E-state index contributed by atoms with van der Waals surface area (Å²) in [4.78, 5) is 7.11. The molecule has 0 atom stereocenters. The van der Waals surface area contributed by atoms with Gasteiger partial charge in [0.2, 0.25) is 0 Å². The van der Waals surface area contributed by atoms with E-state index in [-0.39, 0.29) is 10.8 Å². The van der Waals surface area contributed by atoms with Gasteiger partial charge in [0, 0.05) is 29.3 Å². The summed E-state index contributed by atoms with van der Waals surface area (Å²) in [5, 5.41) is 0. The zero-order valence-electron chi connectivity index (χ0n) is 17.4. The lowest BCUT2D eigenvalue weighted by Gasteiger charge is -2.23. The van der Waals surface area contributed by atoms with Crippen molar-refractivity contribution < 1.29 is 0 Å². The number of rotatable bonds is 3. The molecule has 0 fully saturated rings. The van der Waals surface area contributed by atoms with Gasteiger partial charge in [0.15, 0.2) is 0 Å². The van der Waals surface area contributed by atoms with Gasteiger partial charge in [-0.05, 0) is 35.4 Å². The maximum atomic E-state index is 4.81. The van der Waals surface area contributed by atoms with Crippen LogP contribution in [0.25, 0.3) is 0 Å². The van der Waals surface area contributed by atoms with Gasteiger partial charge in [-0.25, -0.2) is 0 Å². The van der Waals surface area contributed by atoms with Gasteiger partial charge in [0.05, 0.1) is 11.4 Å². The average molecular weight is 369 g/mol. The van der Waals surface area contributed by atoms with Crippen molar-refractivity contribution in [3.8, 4) is 0 Å². The van der Waals surface area contributed by atoms with Crippen LogP contribution in [-0.2, 0) is 10.8 Å². The minimum Gasteiger partial charge on any atom is -0.347 e. The molecule has 0 radical (unpaired) electrons. The van der Waals surface area contributed by atoms with E-state index in [4.69, 9.17) is 4.99 Å². The molecule has 0 aromatic heterocycles. The Labute approximate surface area is 168 Å². The van der Waals surface area contributed by atoms with Gasteiger partial charge in [-0.2, -0.15) is 0 Å². The highest BCUT2D eigenvalue weighted by atomic mass is 15.2. The average Bonchev–Trinajstić information content (AvgIpc) is 3.04. The van der Waals surface area contributed by atoms with Crippen LogP contribution in [0, 0.1) is 0 Å². The lowest BCUT2D eigenvalue weighted by atomic mass is 9.81. The van der Waals surface area contributed by atoms with Gasteiger partial charge in [-0.15, -0.1) is 0 Å². The summed E-state index contributed by atoms with van der Waals surface area (Å²) in [6, 6.07) is 17.1. The summed E-state index contributed by atoms with van der Waals surface area (Å²) in [6.07, 6.45) is 10.7. The molecule has 2 nitrogen and oxygen atoms in total. The van der Waals surface area contributed by atoms with Gasteiger partial charge in [0.1, 0.15) is 0 Å². The molecule has 0 unspecified atom stereocenters. The Kier molecular flexibility index (Phi) is 4.38. The lowest BCUT2D eigenvalue weighted by Crippen LogP contribution is -2.23. The predicted molar refractivity (Wildman–Crippen MR) is 121 cm³/mol. The van der Waals surface area contributed by atoms with Gasteiger partial charge < -0.3 is 4.90 Å². The molecule has 0 saturated carbocycles. The molecule has 2 aliphatic heterocycles. The van der Waals surface area contributed by atoms with E-state index >= 15 is 0 Å². The van der Waals surface area contributed by atoms with E-state index in [1.807, 2.05) is 0 Å². The number of aliphatic imine (C=N–C) groups is 1. The minimum absolute atomic E-state index is 0.0125. The Morgan fingerprint density at radius 2 is 1.46 bits per heavy atom. The van der Waals surface area contributed by atoms with Crippen LogP contribution in [-0.4, -0.2) is 12.8 Å². The number of hydrogen-bond acceptors (Lipinski definition) is 2. The van der Waals surface area contributed by atoms with Crippen LogP contribution in [0.15, 0.2) is 89.6 Å². The van der Waals surface area contributed by atoms with E-state index in [9.17, 15) is 0 Å². The number of hydrogen-bond donors (Lipinski definition) is 0. The monoisotopic (exact) mass is 368 g/mol. The van der Waals surface area contributed by atoms with Crippen LogP contribution in [0.1, 0.15) is 38.8 Å². The second-order valence-electron chi connectivity index (χ2n) is 8.64. The smallest absolute Gasteiger partial charge is 0.0674 e. The van der Waals surface area contributed by atoms with Crippen molar-refractivity contribution in [1.82, 2.24) is 0 Å². The SMILES string of the molecule is CN1/C(=C/C=C\C=C\C2=Nc3ccccc3C2(C)C)C(C)(C)c2ccccc21. The normalized spacial score (nSPS) is 20.8. The Morgan fingerprint density at radius 1 is 0.786 bits per heavy atom. The van der Waals surface area contributed by atoms with Crippen molar-refractivity contribution in [1.29, 1.82) is 0 Å². The second-order valence-corrected chi connectivity index (χ2v) is 8.64. The van der Waals surface area contributed by atoms with Crippen LogP contribution in [0.4, 0.5) is 11.4 Å². The lowest BCUT2D eigenvalue weighted by molar-refractivity contribution is 0.640. The van der Waals surface area contributed by atoms with Crippen LogP contribution >= 0.6 is 0 Å². The highest BCUT2D eigenvalue weighted by molar-refractivity contribution is 6.08. The van der Waals surface area contributed by atoms with Crippen molar-refractivity contribution in [3.05, 3.63) is 95.7 Å². The summed E-state index contributed by atoms with van der Waals surface area (Å²) in [5.41, 5.74) is 7.45. The highest BCUT2D eigenvalue weighted by Gasteiger charge is 2.37. The van der Waals surface area contributed by atoms with Crippen LogP contribution in [0.2, 0.25) is 0 Å². The zero-order chi connectivity index (χ0) is 19.9. The molecule has 0 N–H and O–H groups in total. The van der Waals surface area contributed by atoms with Gasteiger partial charge in [-0.1, -0.05) is 82.3 Å². The zero-order valence-corrected chi connectivity index (χ0v) is 17.4. The van der Waals surface area contributed by atoms with Gasteiger partial charge in [0.25, 0.3) is 0 Å². The van der Waals surface area contributed by atoms with E-state index in [0.29, 0.717) is 0 Å². The van der Waals surface area contributed by atoms with Crippen LogP contribution in [0.5, 0.6) is 0 Å². The predicted octanol–water partition coefficient (Wildman–Crippen LogP) is 6.47. The summed E-state index contributed by atoms with van der Waals surface area (Å²) >= 11 is 0. The molecule has 0 bridgehead atoms. The van der Waals surface area contributed by atoms with Crippen LogP contribution in [0.3, 0.4) is 0 Å². The third-order valence-corrected chi connectivity index (χ3v) is 6.13. The summed E-state index contributed by atoms with van der Waals surface area (Å²) in [7, 11) is 2.15. The van der Waals surface area contributed by atoms with Crippen molar-refractivity contribution in [2.24, 2.45) is 4.99 Å². The topological polar surface area (TPSA) is 15.6 Å². The van der Waals surface area contributed by atoms with Crippen molar-refractivity contribution >= 4 is 17.1 Å². The molecule has 0 spiro atoms. The molecule has 28 heavy (non-hydrogen) atoms. The first kappa shape index (κ1) is 18.5. The first-order chi connectivity index (χ1) is 13.3. The quantitative estimate of drug-likeness (QED) is 0.567. The Bertz CT molecular complexity index is 1030. The number of para-hydroxylation sites is 2. The largest absolute Gasteiger partial charge is 0.347 e. The third kappa shape index (κ3) is 2.84. The fraction of sp³-hybridized carbons (Fsp3) is 0.269. The maximum absolute atomic E-state index is 4.81. The Hall–Kier alpha value is -2.87. The summed E-state index contributed by atoms with van der Waals surface area (Å²) < 4.78 is 0. The molecule has 142 valence electrons. The van der Waals surface area contributed by atoms with Crippen molar-refractivity contribution in [2.75, 3.05) is 11.9 Å². The number of fused-ring (bicyclic) bond motifs is 2. The van der Waals surface area contributed by atoms with Gasteiger partial charge >= 0.3 is 0 Å². The Morgan fingerprint density at radius 3 is 2.18 bits per heavy atom. The Balaban J connectivity index is 1.53. The van der Waals surface area contributed by atoms with Gasteiger partial charge in [-0.3, -0.25) is 4.99 Å². The summed E-state index contributed by atoms with van der Waals surface area (Å²) in [5.74, 6) is 0. The molecule has 2 aromatic carbocycles. The third-order valence-electron chi connectivity index (χ3n) is 6.13. The second kappa shape index (κ2) is 6.63. The van der Waals surface area contributed by atoms with Crippen LogP contribution < -0.4 is 4.90 Å². The number of nitrogens with zero attached hydrogens (tertiary/aromatic N) is 2. The molecule has 2 aromatic rings. The molecule has 0 saturated heterocycles. The van der Waals surface area contributed by atoms with E-state index in [1.165, 1.54) is 22.5 Å². The standard InChI is InChI=1S/C26H28N2/c1-25(2)19-13-9-11-15-21(19)27-23(25)17-7-6-8-18-24-26(3,4)20-14-10-12-16-22(20)28(24)5/h6-18H,1-5H3/b8-6-,17-7+,24-18+. The molecule has 0 aliphatic carbocycles. The van der Waals surface area contributed by atoms with E-state index in [2.05, 4.69) is 119 Å². The number of likely N-dealkylation sites (N-methyl/N-ethyl adjacent to an activating group) is 1. The number of allylic oxidation sites excluding steroid dienone is 6. The van der Waals surface area contributed by atoms with E-state index in [1.54, 1.807) is 0 Å². The molecule has 4 rings (SSSR count). The fourth-order valence-corrected chi connectivity index (χ4v) is 4.41. The number of benzene rings is 2. The van der Waals surface area contributed by atoms with Crippen molar-refractivity contribution in [2.45, 2.75) is 38.5 Å². The molecule has 0 amide bonds. The first-order valence-electron chi connectivity index (χ1n) is 9.91. The molecular formula is C26H28N2. The number of anilines is 1. The molecule has 2 aliphatic rings.